The van der Waals surface area contributed by atoms with Crippen molar-refractivity contribution in [2.45, 2.75) is 44.6 Å². The summed E-state index contributed by atoms with van der Waals surface area (Å²) in [4.78, 5) is 0. The topological polar surface area (TPSA) is 29.5 Å². The molecule has 0 bridgehead atoms. The van der Waals surface area contributed by atoms with E-state index in [1.54, 1.807) is 0 Å². The van der Waals surface area contributed by atoms with Crippen LogP contribution in [0.4, 0.5) is 0 Å². The molecule has 2 atom stereocenters. The first kappa shape index (κ1) is 11.5. The van der Waals surface area contributed by atoms with E-state index in [4.69, 9.17) is 4.74 Å². The molecule has 0 saturated heterocycles. The van der Waals surface area contributed by atoms with Crippen molar-refractivity contribution in [3.63, 3.8) is 0 Å². The van der Waals surface area contributed by atoms with Crippen LogP contribution in [0.3, 0.4) is 0 Å². The smallest absolute Gasteiger partial charge is 0.122 e. The minimum Gasteiger partial charge on any atom is -0.493 e. The summed E-state index contributed by atoms with van der Waals surface area (Å²) in [5.74, 6) is 1.21. The van der Waals surface area contributed by atoms with Crippen LogP contribution in [0.5, 0.6) is 5.75 Å². The molecule has 1 heterocycles. The molecule has 88 valence electrons. The number of aliphatic hydroxyl groups is 1. The largest absolute Gasteiger partial charge is 0.493 e. The Bertz CT molecular complexity index is 335. The third-order valence-corrected chi connectivity index (χ3v) is 3.32. The lowest BCUT2D eigenvalue weighted by molar-refractivity contribution is 0.106. The van der Waals surface area contributed by atoms with Gasteiger partial charge in [0.2, 0.25) is 0 Å². The summed E-state index contributed by atoms with van der Waals surface area (Å²) in [5.41, 5.74) is 1.18. The van der Waals surface area contributed by atoms with E-state index in [0.29, 0.717) is 0 Å². The highest BCUT2D eigenvalue weighted by atomic mass is 16.5. The van der Waals surface area contributed by atoms with E-state index in [9.17, 15) is 5.11 Å². The molecule has 1 N–H and O–H groups in total. The third-order valence-electron chi connectivity index (χ3n) is 3.32. The zero-order valence-electron chi connectivity index (χ0n) is 9.86. The van der Waals surface area contributed by atoms with Gasteiger partial charge in [0.05, 0.1) is 12.7 Å². The molecule has 2 nitrogen and oxygen atoms in total. The van der Waals surface area contributed by atoms with Crippen molar-refractivity contribution in [3.8, 4) is 5.75 Å². The normalized spacial score (nSPS) is 21.0. The van der Waals surface area contributed by atoms with Crippen LogP contribution in [0.15, 0.2) is 24.3 Å². The second-order valence-corrected chi connectivity index (χ2v) is 4.49. The summed E-state index contributed by atoms with van der Waals surface area (Å²) >= 11 is 0. The first-order chi connectivity index (χ1) is 7.83. The molecule has 0 aliphatic carbocycles. The molecule has 2 unspecified atom stereocenters. The first-order valence-corrected chi connectivity index (χ1v) is 6.22. The maximum absolute atomic E-state index is 10.2. The van der Waals surface area contributed by atoms with E-state index in [0.717, 1.165) is 38.0 Å². The Morgan fingerprint density at radius 2 is 2.25 bits per heavy atom. The Morgan fingerprint density at radius 1 is 1.44 bits per heavy atom. The van der Waals surface area contributed by atoms with Gasteiger partial charge < -0.3 is 9.84 Å². The fraction of sp³-hybridized carbons (Fsp3) is 0.571. The molecule has 0 aromatic heterocycles. The lowest BCUT2D eigenvalue weighted by Crippen LogP contribution is -2.24. The number of aliphatic hydroxyl groups excluding tert-OH is 1. The van der Waals surface area contributed by atoms with E-state index in [-0.39, 0.29) is 12.0 Å². The van der Waals surface area contributed by atoms with Crippen LogP contribution < -0.4 is 4.74 Å². The first-order valence-electron chi connectivity index (χ1n) is 6.22. The number of ether oxygens (including phenoxy) is 1. The van der Waals surface area contributed by atoms with Crippen molar-refractivity contribution >= 4 is 0 Å². The highest BCUT2D eigenvalue weighted by molar-refractivity contribution is 5.38. The number of rotatable bonds is 4. The summed E-state index contributed by atoms with van der Waals surface area (Å²) in [6, 6.07) is 8.08. The molecule has 1 aromatic carbocycles. The zero-order chi connectivity index (χ0) is 11.4. The Labute approximate surface area is 97.3 Å². The lowest BCUT2D eigenvalue weighted by atomic mass is 9.86. The second-order valence-electron chi connectivity index (χ2n) is 4.49. The minimum atomic E-state index is -0.218. The highest BCUT2D eigenvalue weighted by Gasteiger charge is 2.26. The van der Waals surface area contributed by atoms with Crippen LogP contribution in [0, 0.1) is 0 Å². The molecular formula is C14H20O2. The van der Waals surface area contributed by atoms with Gasteiger partial charge in [-0.05, 0) is 24.5 Å². The lowest BCUT2D eigenvalue weighted by Gasteiger charge is -2.29. The van der Waals surface area contributed by atoms with Gasteiger partial charge in [-0.1, -0.05) is 38.0 Å². The van der Waals surface area contributed by atoms with Crippen molar-refractivity contribution in [2.24, 2.45) is 0 Å². The predicted octanol–water partition coefficient (Wildman–Crippen LogP) is 3.10. The Kier molecular flexibility index (Phi) is 3.83. The average Bonchev–Trinajstić information content (AvgIpc) is 2.35. The van der Waals surface area contributed by atoms with E-state index in [1.165, 1.54) is 5.56 Å². The van der Waals surface area contributed by atoms with Gasteiger partial charge in [-0.2, -0.15) is 0 Å². The summed E-state index contributed by atoms with van der Waals surface area (Å²) in [6.45, 7) is 2.88. The van der Waals surface area contributed by atoms with E-state index < -0.39 is 0 Å². The zero-order valence-corrected chi connectivity index (χ0v) is 9.86. The summed E-state index contributed by atoms with van der Waals surface area (Å²) < 4.78 is 5.60. The summed E-state index contributed by atoms with van der Waals surface area (Å²) in [7, 11) is 0. The van der Waals surface area contributed by atoms with Crippen molar-refractivity contribution < 1.29 is 9.84 Å². The fourth-order valence-corrected chi connectivity index (χ4v) is 2.38. The standard InChI is InChI=1S/C14H20O2/c1-2-3-7-13(15)11-9-10-16-14-8-5-4-6-12(11)14/h4-6,8,11,13,15H,2-3,7,9-10H2,1H3. The van der Waals surface area contributed by atoms with Crippen LogP contribution >= 0.6 is 0 Å². The summed E-state index contributed by atoms with van der Waals surface area (Å²) in [5, 5.41) is 10.2. The van der Waals surface area contributed by atoms with Gasteiger partial charge in [0.1, 0.15) is 5.75 Å². The average molecular weight is 220 g/mol. The Morgan fingerprint density at radius 3 is 3.06 bits per heavy atom. The second kappa shape index (κ2) is 5.35. The van der Waals surface area contributed by atoms with Crippen LogP contribution in [0.1, 0.15) is 44.1 Å². The maximum Gasteiger partial charge on any atom is 0.122 e. The van der Waals surface area contributed by atoms with Crippen LogP contribution in [0.25, 0.3) is 0 Å². The van der Waals surface area contributed by atoms with Gasteiger partial charge in [-0.15, -0.1) is 0 Å². The maximum atomic E-state index is 10.2. The molecule has 0 fully saturated rings. The van der Waals surface area contributed by atoms with Gasteiger partial charge >= 0.3 is 0 Å². The SMILES string of the molecule is CCCCC(O)C1CCOc2ccccc21. The van der Waals surface area contributed by atoms with Gasteiger partial charge in [-0.25, -0.2) is 0 Å². The molecule has 2 rings (SSSR count). The highest BCUT2D eigenvalue weighted by Crippen LogP contribution is 2.36. The van der Waals surface area contributed by atoms with Crippen molar-refractivity contribution in [3.05, 3.63) is 29.8 Å². The molecule has 0 amide bonds. The van der Waals surface area contributed by atoms with Gasteiger partial charge in [-0.3, -0.25) is 0 Å². The summed E-state index contributed by atoms with van der Waals surface area (Å²) in [6.07, 6.45) is 3.85. The molecule has 16 heavy (non-hydrogen) atoms. The van der Waals surface area contributed by atoms with Gasteiger partial charge in [0.15, 0.2) is 0 Å². The number of fused-ring (bicyclic) bond motifs is 1. The molecule has 1 aromatic rings. The number of hydrogen-bond acceptors (Lipinski definition) is 2. The molecule has 2 heteroatoms. The minimum absolute atomic E-state index is 0.218. The number of hydrogen-bond donors (Lipinski definition) is 1. The Hall–Kier alpha value is -1.02. The molecule has 0 saturated carbocycles. The monoisotopic (exact) mass is 220 g/mol. The van der Waals surface area contributed by atoms with E-state index in [2.05, 4.69) is 13.0 Å². The van der Waals surface area contributed by atoms with Gasteiger partial charge in [0, 0.05) is 5.92 Å². The van der Waals surface area contributed by atoms with E-state index >= 15 is 0 Å². The van der Waals surface area contributed by atoms with E-state index in [1.807, 2.05) is 18.2 Å². The van der Waals surface area contributed by atoms with Crippen molar-refractivity contribution in [2.75, 3.05) is 6.61 Å². The molecule has 1 aliphatic heterocycles. The Balaban J connectivity index is 2.12. The van der Waals surface area contributed by atoms with Gasteiger partial charge in [0.25, 0.3) is 0 Å². The predicted molar refractivity (Wildman–Crippen MR) is 64.8 cm³/mol. The number of benzene rings is 1. The van der Waals surface area contributed by atoms with Crippen molar-refractivity contribution in [1.29, 1.82) is 0 Å². The number of para-hydroxylation sites is 1. The van der Waals surface area contributed by atoms with Crippen LogP contribution in [-0.2, 0) is 0 Å². The molecular weight excluding hydrogens is 200 g/mol. The quantitative estimate of drug-likeness (QED) is 0.844. The fourth-order valence-electron chi connectivity index (χ4n) is 2.38. The van der Waals surface area contributed by atoms with Crippen LogP contribution in [-0.4, -0.2) is 17.8 Å². The van der Waals surface area contributed by atoms with Crippen molar-refractivity contribution in [1.82, 2.24) is 0 Å². The molecule has 0 radical (unpaired) electrons. The molecule has 1 aliphatic rings. The van der Waals surface area contributed by atoms with Crippen LogP contribution in [0.2, 0.25) is 0 Å². The molecule has 0 spiro atoms. The third kappa shape index (κ3) is 2.38. The number of unbranched alkanes of at least 4 members (excludes halogenated alkanes) is 1.